The van der Waals surface area contributed by atoms with E-state index in [2.05, 4.69) is 0 Å². The van der Waals surface area contributed by atoms with Crippen molar-refractivity contribution < 1.29 is 17.9 Å². The van der Waals surface area contributed by atoms with Crippen LogP contribution in [0.5, 0.6) is 0 Å². The van der Waals surface area contributed by atoms with E-state index in [0.717, 1.165) is 5.56 Å². The molecule has 0 saturated heterocycles. The van der Waals surface area contributed by atoms with Gasteiger partial charge in [-0.05, 0) is 43.2 Å². The molecule has 0 bridgehead atoms. The van der Waals surface area contributed by atoms with E-state index in [1.165, 1.54) is 28.6 Å². The lowest BCUT2D eigenvalue weighted by Gasteiger charge is -2.24. The predicted molar refractivity (Wildman–Crippen MR) is 91.6 cm³/mol. The Morgan fingerprint density at radius 3 is 2.80 bits per heavy atom. The largest absolute Gasteiger partial charge is 0.447 e. The second-order valence-corrected chi connectivity index (χ2v) is 7.56. The van der Waals surface area contributed by atoms with Crippen molar-refractivity contribution in [3.05, 3.63) is 59.7 Å². The lowest BCUT2D eigenvalue weighted by molar-refractivity contribution is 0.0554. The zero-order valence-corrected chi connectivity index (χ0v) is 14.4. The third-order valence-corrected chi connectivity index (χ3v) is 5.96. The van der Waals surface area contributed by atoms with Gasteiger partial charge in [0.15, 0.2) is 6.61 Å². The summed E-state index contributed by atoms with van der Waals surface area (Å²) in [5, 5.41) is 8.48. The Bertz CT molecular complexity index is 963. The highest BCUT2D eigenvalue weighted by Gasteiger charge is 2.36. The first-order valence-electron chi connectivity index (χ1n) is 7.71. The molecule has 1 aliphatic heterocycles. The van der Waals surface area contributed by atoms with Crippen LogP contribution in [0.2, 0.25) is 0 Å². The molecule has 0 fully saturated rings. The zero-order chi connectivity index (χ0) is 18.0. The van der Waals surface area contributed by atoms with E-state index in [9.17, 15) is 13.2 Å². The summed E-state index contributed by atoms with van der Waals surface area (Å²) in [6, 6.07) is 14.5. The van der Waals surface area contributed by atoms with Gasteiger partial charge in [0.25, 0.3) is 10.0 Å². The fourth-order valence-corrected chi connectivity index (χ4v) is 4.72. The minimum absolute atomic E-state index is 0.0162. The maximum Gasteiger partial charge on any atom is 0.339 e. The molecule has 1 heterocycles. The van der Waals surface area contributed by atoms with Gasteiger partial charge in [0, 0.05) is 6.04 Å². The summed E-state index contributed by atoms with van der Waals surface area (Å²) in [6.45, 7) is 1.47. The molecule has 0 aromatic heterocycles. The van der Waals surface area contributed by atoms with Gasteiger partial charge in [0.1, 0.15) is 6.07 Å². The zero-order valence-electron chi connectivity index (χ0n) is 13.5. The van der Waals surface area contributed by atoms with Gasteiger partial charge in [-0.25, -0.2) is 13.2 Å². The predicted octanol–water partition coefficient (Wildman–Crippen LogP) is 2.51. The summed E-state index contributed by atoms with van der Waals surface area (Å²) < 4.78 is 32.4. The number of carbonyl (C=O) groups excluding carboxylic acids is 1. The van der Waals surface area contributed by atoms with Crippen LogP contribution in [-0.4, -0.2) is 27.0 Å². The van der Waals surface area contributed by atoms with E-state index < -0.39 is 16.0 Å². The number of carbonyl (C=O) groups is 1. The Morgan fingerprint density at radius 1 is 1.28 bits per heavy atom. The highest BCUT2D eigenvalue weighted by Crippen LogP contribution is 2.36. The van der Waals surface area contributed by atoms with Crippen molar-refractivity contribution in [2.24, 2.45) is 0 Å². The smallest absolute Gasteiger partial charge is 0.339 e. The van der Waals surface area contributed by atoms with Crippen LogP contribution < -0.4 is 4.31 Å². The highest BCUT2D eigenvalue weighted by molar-refractivity contribution is 7.92. The molecule has 0 N–H and O–H groups in total. The molecule has 0 saturated carbocycles. The van der Waals surface area contributed by atoms with E-state index in [1.807, 2.05) is 19.1 Å². The third-order valence-electron chi connectivity index (χ3n) is 4.04. The Labute approximate surface area is 146 Å². The number of hydrogen-bond donors (Lipinski definition) is 0. The lowest BCUT2D eigenvalue weighted by atomic mass is 10.1. The molecule has 2 aromatic rings. The summed E-state index contributed by atoms with van der Waals surface area (Å²) in [6.07, 6.45) is 0.638. The quantitative estimate of drug-likeness (QED) is 0.786. The number of rotatable bonds is 4. The van der Waals surface area contributed by atoms with Gasteiger partial charge in [-0.3, -0.25) is 4.31 Å². The van der Waals surface area contributed by atoms with Gasteiger partial charge in [0.2, 0.25) is 0 Å². The number of anilines is 1. The van der Waals surface area contributed by atoms with Crippen molar-refractivity contribution in [2.75, 3.05) is 10.9 Å². The molecule has 3 rings (SSSR count). The van der Waals surface area contributed by atoms with Crippen LogP contribution in [0.4, 0.5) is 5.69 Å². The van der Waals surface area contributed by atoms with E-state index >= 15 is 0 Å². The fraction of sp³-hybridized carbons (Fsp3) is 0.222. The number of para-hydroxylation sites is 1. The summed E-state index contributed by atoms with van der Waals surface area (Å²) in [4.78, 5) is 11.9. The molecule has 1 aliphatic rings. The number of hydrogen-bond acceptors (Lipinski definition) is 5. The molecule has 1 unspecified atom stereocenters. The molecule has 1 atom stereocenters. The number of sulfonamides is 1. The van der Waals surface area contributed by atoms with Crippen molar-refractivity contribution >= 4 is 21.7 Å². The molecule has 0 amide bonds. The molecule has 7 heteroatoms. The van der Waals surface area contributed by atoms with Crippen LogP contribution >= 0.6 is 0 Å². The molecule has 2 aromatic carbocycles. The van der Waals surface area contributed by atoms with Crippen LogP contribution in [0.15, 0.2) is 53.4 Å². The van der Waals surface area contributed by atoms with Crippen LogP contribution in [0.1, 0.15) is 22.8 Å². The average molecular weight is 356 g/mol. The normalized spacial score (nSPS) is 16.2. The Morgan fingerprint density at radius 2 is 2.04 bits per heavy atom. The molecule has 0 aliphatic carbocycles. The van der Waals surface area contributed by atoms with Crippen LogP contribution in [0.25, 0.3) is 0 Å². The van der Waals surface area contributed by atoms with Crippen LogP contribution in [-0.2, 0) is 21.2 Å². The topological polar surface area (TPSA) is 87.5 Å². The van der Waals surface area contributed by atoms with Gasteiger partial charge in [-0.1, -0.05) is 24.3 Å². The summed E-state index contributed by atoms with van der Waals surface area (Å²) >= 11 is 0. The second-order valence-electron chi connectivity index (χ2n) is 5.74. The average Bonchev–Trinajstić information content (AvgIpc) is 2.96. The van der Waals surface area contributed by atoms with Gasteiger partial charge < -0.3 is 4.74 Å². The standard InChI is InChI=1S/C18H16N2O4S/c1-13-11-14-5-2-3-8-17(14)20(13)25(22,23)16-7-4-6-15(12-16)18(21)24-10-9-19/h2-8,12-13H,10-11H2,1H3. The Hall–Kier alpha value is -2.85. The fourth-order valence-electron chi connectivity index (χ4n) is 2.98. The van der Waals surface area contributed by atoms with Gasteiger partial charge in [-0.15, -0.1) is 0 Å². The van der Waals surface area contributed by atoms with Crippen molar-refractivity contribution in [1.29, 1.82) is 5.26 Å². The first kappa shape index (κ1) is 17.0. The lowest BCUT2D eigenvalue weighted by Crippen LogP contribution is -2.35. The van der Waals surface area contributed by atoms with E-state index in [4.69, 9.17) is 10.00 Å². The van der Waals surface area contributed by atoms with Gasteiger partial charge in [-0.2, -0.15) is 5.26 Å². The van der Waals surface area contributed by atoms with Crippen LogP contribution in [0, 0.1) is 11.3 Å². The number of nitriles is 1. The first-order chi connectivity index (χ1) is 11.9. The Kier molecular flexibility index (Phi) is 4.47. The van der Waals surface area contributed by atoms with E-state index in [0.29, 0.717) is 12.1 Å². The maximum absolute atomic E-state index is 13.1. The summed E-state index contributed by atoms with van der Waals surface area (Å²) in [5.41, 5.74) is 1.73. The monoisotopic (exact) mass is 356 g/mol. The minimum atomic E-state index is -3.82. The van der Waals surface area contributed by atoms with E-state index in [1.54, 1.807) is 18.2 Å². The second kappa shape index (κ2) is 6.57. The van der Waals surface area contributed by atoms with Crippen molar-refractivity contribution in [2.45, 2.75) is 24.3 Å². The molecule has 6 nitrogen and oxygen atoms in total. The highest BCUT2D eigenvalue weighted by atomic mass is 32.2. The minimum Gasteiger partial charge on any atom is -0.447 e. The Balaban J connectivity index is 1.99. The molecule has 128 valence electrons. The van der Waals surface area contributed by atoms with E-state index in [-0.39, 0.29) is 23.1 Å². The SMILES string of the molecule is CC1Cc2ccccc2N1S(=O)(=O)c1cccc(C(=O)OCC#N)c1. The van der Waals surface area contributed by atoms with Gasteiger partial charge >= 0.3 is 5.97 Å². The molecule has 25 heavy (non-hydrogen) atoms. The van der Waals surface area contributed by atoms with Crippen LogP contribution in [0.3, 0.4) is 0 Å². The van der Waals surface area contributed by atoms with Crippen molar-refractivity contribution in [1.82, 2.24) is 0 Å². The molecule has 0 radical (unpaired) electrons. The molecule has 0 spiro atoms. The number of ether oxygens (including phenoxy) is 1. The summed E-state index contributed by atoms with van der Waals surface area (Å²) in [5.74, 6) is -0.728. The van der Waals surface area contributed by atoms with Crippen molar-refractivity contribution in [3.8, 4) is 6.07 Å². The number of nitrogens with zero attached hydrogens (tertiary/aromatic N) is 2. The molecular formula is C18H16N2O4S. The summed E-state index contributed by atoms with van der Waals surface area (Å²) in [7, 11) is -3.82. The number of benzene rings is 2. The van der Waals surface area contributed by atoms with Gasteiger partial charge in [0.05, 0.1) is 16.1 Å². The molecular weight excluding hydrogens is 340 g/mol. The number of esters is 1. The third kappa shape index (κ3) is 3.08. The number of fused-ring (bicyclic) bond motifs is 1. The first-order valence-corrected chi connectivity index (χ1v) is 9.15. The van der Waals surface area contributed by atoms with Crippen molar-refractivity contribution in [3.63, 3.8) is 0 Å². The maximum atomic E-state index is 13.1.